The Balaban J connectivity index is 1.92. The molecule has 0 aromatic heterocycles. The summed E-state index contributed by atoms with van der Waals surface area (Å²) in [5.41, 5.74) is 3.05. The van der Waals surface area contributed by atoms with Crippen molar-refractivity contribution in [3.8, 4) is 0 Å². The Morgan fingerprint density at radius 1 is 0.889 bits per heavy atom. The van der Waals surface area contributed by atoms with Crippen LogP contribution in [-0.4, -0.2) is 6.79 Å². The molecule has 0 unspecified atom stereocenters. The molecule has 2 aromatic rings. The van der Waals surface area contributed by atoms with Crippen molar-refractivity contribution in [1.82, 2.24) is 0 Å². The maximum absolute atomic E-state index is 5.42. The van der Waals surface area contributed by atoms with Gasteiger partial charge < -0.3 is 14.8 Å². The molecular formula is C15H13NO2. The maximum atomic E-state index is 5.42. The van der Waals surface area contributed by atoms with E-state index in [2.05, 4.69) is 5.32 Å². The van der Waals surface area contributed by atoms with Gasteiger partial charge in [0.05, 0.1) is 0 Å². The number of ether oxygens (including phenoxy) is 2. The summed E-state index contributed by atoms with van der Waals surface area (Å²) in [5.74, 6) is 0.758. The van der Waals surface area contributed by atoms with Crippen LogP contribution >= 0.6 is 0 Å². The monoisotopic (exact) mass is 239 g/mol. The van der Waals surface area contributed by atoms with Gasteiger partial charge in [0.1, 0.15) is 6.26 Å². The van der Waals surface area contributed by atoms with Crippen LogP contribution in [0.3, 0.4) is 0 Å². The first-order chi connectivity index (χ1) is 8.93. The molecule has 18 heavy (non-hydrogen) atoms. The Kier molecular flexibility index (Phi) is 2.88. The number of anilines is 2. The number of hydrogen-bond acceptors (Lipinski definition) is 3. The minimum absolute atomic E-state index is 0.287. The molecule has 90 valence electrons. The standard InChI is InChI=1S/C15H13NO2/c1-2-6-12(7-3-1)16-14-9-5-4-8-13(14)15-10-17-11-18-15/h1-10,16H,11H2. The molecule has 3 nitrogen and oxygen atoms in total. The Morgan fingerprint density at radius 2 is 1.67 bits per heavy atom. The van der Waals surface area contributed by atoms with Gasteiger partial charge in [-0.1, -0.05) is 30.3 Å². The minimum atomic E-state index is 0.287. The summed E-state index contributed by atoms with van der Waals surface area (Å²) in [6.07, 6.45) is 1.64. The molecule has 3 heteroatoms. The summed E-state index contributed by atoms with van der Waals surface area (Å²) < 4.78 is 10.5. The minimum Gasteiger partial charge on any atom is -0.461 e. The fraction of sp³-hybridized carbons (Fsp3) is 0.0667. The van der Waals surface area contributed by atoms with Crippen molar-refractivity contribution in [2.75, 3.05) is 12.1 Å². The van der Waals surface area contributed by atoms with Crippen molar-refractivity contribution in [2.24, 2.45) is 0 Å². The molecule has 0 saturated heterocycles. The lowest BCUT2D eigenvalue weighted by Gasteiger charge is -2.11. The van der Waals surface area contributed by atoms with Gasteiger partial charge in [0.2, 0.25) is 6.79 Å². The van der Waals surface area contributed by atoms with E-state index in [1.165, 1.54) is 0 Å². The van der Waals surface area contributed by atoms with E-state index in [1.54, 1.807) is 6.26 Å². The topological polar surface area (TPSA) is 30.5 Å². The number of benzene rings is 2. The van der Waals surface area contributed by atoms with Gasteiger partial charge in [-0.15, -0.1) is 0 Å². The lowest BCUT2D eigenvalue weighted by Crippen LogP contribution is -1.96. The first kappa shape index (κ1) is 10.7. The number of nitrogens with one attached hydrogen (secondary N) is 1. The molecular weight excluding hydrogens is 226 g/mol. The average molecular weight is 239 g/mol. The van der Waals surface area contributed by atoms with E-state index in [-0.39, 0.29) is 6.79 Å². The normalized spacial score (nSPS) is 13.4. The van der Waals surface area contributed by atoms with E-state index in [1.807, 2.05) is 54.6 Å². The van der Waals surface area contributed by atoms with Gasteiger partial charge >= 0.3 is 0 Å². The van der Waals surface area contributed by atoms with Crippen LogP contribution in [0.1, 0.15) is 5.56 Å². The van der Waals surface area contributed by atoms with E-state index in [9.17, 15) is 0 Å². The predicted octanol–water partition coefficient (Wildman–Crippen LogP) is 3.73. The van der Waals surface area contributed by atoms with Crippen LogP contribution in [0.15, 0.2) is 60.9 Å². The van der Waals surface area contributed by atoms with Crippen LogP contribution in [0.2, 0.25) is 0 Å². The van der Waals surface area contributed by atoms with Crippen LogP contribution in [0.25, 0.3) is 5.76 Å². The Hall–Kier alpha value is -2.42. The molecule has 0 atom stereocenters. The van der Waals surface area contributed by atoms with Gasteiger partial charge in [-0.05, 0) is 24.3 Å². The smallest absolute Gasteiger partial charge is 0.230 e. The summed E-state index contributed by atoms with van der Waals surface area (Å²) in [6, 6.07) is 18.0. The van der Waals surface area contributed by atoms with Crippen LogP contribution in [0, 0.1) is 0 Å². The highest BCUT2D eigenvalue weighted by molar-refractivity contribution is 5.76. The predicted molar refractivity (Wildman–Crippen MR) is 71.2 cm³/mol. The highest BCUT2D eigenvalue weighted by Crippen LogP contribution is 2.29. The number of rotatable bonds is 3. The number of hydrogen-bond donors (Lipinski definition) is 1. The van der Waals surface area contributed by atoms with Gasteiger partial charge in [-0.2, -0.15) is 0 Å². The van der Waals surface area contributed by atoms with E-state index in [4.69, 9.17) is 9.47 Å². The molecule has 2 aromatic carbocycles. The third-order valence-electron chi connectivity index (χ3n) is 2.72. The highest BCUT2D eigenvalue weighted by Gasteiger charge is 2.13. The van der Waals surface area contributed by atoms with Crippen molar-refractivity contribution in [1.29, 1.82) is 0 Å². The SMILES string of the molecule is C1=C(c2ccccc2Nc2ccccc2)OCO1. The molecule has 1 aliphatic rings. The fourth-order valence-corrected chi connectivity index (χ4v) is 1.87. The van der Waals surface area contributed by atoms with Gasteiger partial charge in [0, 0.05) is 16.9 Å². The molecule has 1 heterocycles. The van der Waals surface area contributed by atoms with Crippen molar-refractivity contribution in [3.05, 3.63) is 66.4 Å². The summed E-state index contributed by atoms with van der Waals surface area (Å²) >= 11 is 0. The average Bonchev–Trinajstić information content (AvgIpc) is 2.94. The fourth-order valence-electron chi connectivity index (χ4n) is 1.87. The summed E-state index contributed by atoms with van der Waals surface area (Å²) in [7, 11) is 0. The van der Waals surface area contributed by atoms with E-state index >= 15 is 0 Å². The largest absolute Gasteiger partial charge is 0.461 e. The first-order valence-electron chi connectivity index (χ1n) is 5.79. The van der Waals surface area contributed by atoms with Gasteiger partial charge in [0.25, 0.3) is 0 Å². The Morgan fingerprint density at radius 3 is 2.44 bits per heavy atom. The zero-order valence-corrected chi connectivity index (χ0v) is 9.80. The molecule has 0 spiro atoms. The van der Waals surface area contributed by atoms with Crippen LogP contribution < -0.4 is 5.32 Å². The van der Waals surface area contributed by atoms with Crippen LogP contribution in [0.4, 0.5) is 11.4 Å². The number of para-hydroxylation sites is 2. The van der Waals surface area contributed by atoms with E-state index in [0.29, 0.717) is 0 Å². The molecule has 1 aliphatic heterocycles. The van der Waals surface area contributed by atoms with E-state index in [0.717, 1.165) is 22.7 Å². The second-order valence-corrected chi connectivity index (χ2v) is 3.95. The molecule has 0 saturated carbocycles. The zero-order valence-electron chi connectivity index (χ0n) is 9.80. The highest BCUT2D eigenvalue weighted by atomic mass is 16.7. The molecule has 0 radical (unpaired) electrons. The summed E-state index contributed by atoms with van der Waals surface area (Å²) in [6.45, 7) is 0.287. The van der Waals surface area contributed by atoms with Gasteiger partial charge in [-0.25, -0.2) is 0 Å². The van der Waals surface area contributed by atoms with Crippen molar-refractivity contribution < 1.29 is 9.47 Å². The van der Waals surface area contributed by atoms with Crippen molar-refractivity contribution >= 4 is 17.1 Å². The lowest BCUT2D eigenvalue weighted by atomic mass is 10.1. The van der Waals surface area contributed by atoms with Crippen LogP contribution in [-0.2, 0) is 9.47 Å². The zero-order chi connectivity index (χ0) is 12.2. The molecule has 0 bridgehead atoms. The lowest BCUT2D eigenvalue weighted by molar-refractivity contribution is 0.101. The quantitative estimate of drug-likeness (QED) is 0.885. The Bertz CT molecular complexity index is 564. The maximum Gasteiger partial charge on any atom is 0.230 e. The molecule has 0 aliphatic carbocycles. The Labute approximate surface area is 106 Å². The van der Waals surface area contributed by atoms with Gasteiger partial charge in [-0.3, -0.25) is 0 Å². The summed E-state index contributed by atoms with van der Waals surface area (Å²) in [4.78, 5) is 0. The van der Waals surface area contributed by atoms with Crippen LogP contribution in [0.5, 0.6) is 0 Å². The van der Waals surface area contributed by atoms with Crippen molar-refractivity contribution in [2.45, 2.75) is 0 Å². The second kappa shape index (κ2) is 4.84. The summed E-state index contributed by atoms with van der Waals surface area (Å²) in [5, 5.41) is 3.37. The second-order valence-electron chi connectivity index (χ2n) is 3.95. The molecule has 0 amide bonds. The van der Waals surface area contributed by atoms with E-state index < -0.39 is 0 Å². The molecule has 0 fully saturated rings. The third kappa shape index (κ3) is 2.15. The third-order valence-corrected chi connectivity index (χ3v) is 2.72. The van der Waals surface area contributed by atoms with Gasteiger partial charge in [0.15, 0.2) is 5.76 Å². The first-order valence-corrected chi connectivity index (χ1v) is 5.79. The molecule has 1 N–H and O–H groups in total. The molecule has 3 rings (SSSR count). The van der Waals surface area contributed by atoms with Crippen molar-refractivity contribution in [3.63, 3.8) is 0 Å².